The lowest BCUT2D eigenvalue weighted by molar-refractivity contribution is -0.118. The van der Waals surface area contributed by atoms with E-state index in [1.165, 1.54) is 0 Å². The van der Waals surface area contributed by atoms with Crippen LogP contribution >= 0.6 is 0 Å². The second-order valence-electron chi connectivity index (χ2n) is 5.31. The minimum absolute atomic E-state index is 0.0484. The molecule has 0 unspecified atom stereocenters. The van der Waals surface area contributed by atoms with E-state index >= 15 is 0 Å². The third kappa shape index (κ3) is 2.91. The normalized spacial score (nSPS) is 23.7. The van der Waals surface area contributed by atoms with E-state index in [1.807, 2.05) is 32.0 Å². The fraction of sp³-hybridized carbons (Fsp3) is 0.533. The number of anilines is 1. The van der Waals surface area contributed by atoms with E-state index in [-0.39, 0.29) is 11.9 Å². The first-order chi connectivity index (χ1) is 8.58. The second-order valence-corrected chi connectivity index (χ2v) is 5.31. The summed E-state index contributed by atoms with van der Waals surface area (Å²) in [5, 5.41) is 6.43. The van der Waals surface area contributed by atoms with E-state index in [0.29, 0.717) is 6.04 Å². The zero-order chi connectivity index (χ0) is 13.1. The smallest absolute Gasteiger partial charge is 0.241 e. The summed E-state index contributed by atoms with van der Waals surface area (Å²) in [6, 6.07) is 6.46. The van der Waals surface area contributed by atoms with Crippen molar-refractivity contribution in [2.24, 2.45) is 0 Å². The van der Waals surface area contributed by atoms with Crippen LogP contribution in [0.3, 0.4) is 0 Å². The van der Waals surface area contributed by atoms with Crippen molar-refractivity contribution in [3.63, 3.8) is 0 Å². The Morgan fingerprint density at radius 2 is 1.94 bits per heavy atom. The Balaban J connectivity index is 2.07. The molecule has 1 amide bonds. The Kier molecular flexibility index (Phi) is 4.02. The number of rotatable bonds is 2. The Morgan fingerprint density at radius 3 is 2.56 bits per heavy atom. The summed E-state index contributed by atoms with van der Waals surface area (Å²) in [4.78, 5) is 12.2. The molecule has 1 heterocycles. The number of amides is 1. The van der Waals surface area contributed by atoms with Crippen molar-refractivity contribution >= 4 is 11.6 Å². The van der Waals surface area contributed by atoms with Crippen LogP contribution in [0.15, 0.2) is 18.2 Å². The van der Waals surface area contributed by atoms with Crippen molar-refractivity contribution in [3.05, 3.63) is 29.3 Å². The second kappa shape index (κ2) is 5.53. The van der Waals surface area contributed by atoms with Gasteiger partial charge in [-0.2, -0.15) is 0 Å². The Bertz CT molecular complexity index is 422. The van der Waals surface area contributed by atoms with Gasteiger partial charge in [-0.3, -0.25) is 4.79 Å². The maximum absolute atomic E-state index is 12.2. The van der Waals surface area contributed by atoms with Crippen LogP contribution in [-0.2, 0) is 4.79 Å². The first kappa shape index (κ1) is 13.1. The molecule has 0 radical (unpaired) electrons. The molecule has 98 valence electrons. The molecule has 1 aliphatic heterocycles. The number of aryl methyl sites for hydroxylation is 2. The summed E-state index contributed by atoms with van der Waals surface area (Å²) in [5.74, 6) is 0.0963. The Morgan fingerprint density at radius 1 is 1.28 bits per heavy atom. The number of carbonyl (C=O) groups excluding carboxylic acids is 1. The number of piperidine rings is 1. The van der Waals surface area contributed by atoms with Crippen LogP contribution < -0.4 is 10.6 Å². The third-order valence-corrected chi connectivity index (χ3v) is 3.66. The Hall–Kier alpha value is -1.35. The highest BCUT2D eigenvalue weighted by atomic mass is 16.2. The van der Waals surface area contributed by atoms with Crippen molar-refractivity contribution in [1.82, 2.24) is 5.32 Å². The molecule has 0 aliphatic carbocycles. The lowest BCUT2D eigenvalue weighted by Crippen LogP contribution is -2.47. The van der Waals surface area contributed by atoms with Crippen LogP contribution in [0.1, 0.15) is 37.3 Å². The van der Waals surface area contributed by atoms with E-state index in [9.17, 15) is 4.79 Å². The van der Waals surface area contributed by atoms with Gasteiger partial charge in [-0.15, -0.1) is 0 Å². The summed E-state index contributed by atoms with van der Waals surface area (Å²) in [7, 11) is 0. The summed E-state index contributed by atoms with van der Waals surface area (Å²) in [6.07, 6.45) is 3.22. The molecule has 1 aromatic carbocycles. The van der Waals surface area contributed by atoms with Crippen LogP contribution in [-0.4, -0.2) is 18.0 Å². The molecule has 1 fully saturated rings. The number of carbonyl (C=O) groups is 1. The quantitative estimate of drug-likeness (QED) is 0.842. The lowest BCUT2D eigenvalue weighted by atomic mass is 9.98. The van der Waals surface area contributed by atoms with Gasteiger partial charge in [-0.1, -0.05) is 18.2 Å². The van der Waals surface area contributed by atoms with E-state index in [2.05, 4.69) is 17.6 Å². The van der Waals surface area contributed by atoms with Crippen molar-refractivity contribution in [3.8, 4) is 0 Å². The topological polar surface area (TPSA) is 41.1 Å². The van der Waals surface area contributed by atoms with E-state index in [4.69, 9.17) is 0 Å². The largest absolute Gasteiger partial charge is 0.324 e. The molecule has 0 bridgehead atoms. The highest BCUT2D eigenvalue weighted by Gasteiger charge is 2.24. The zero-order valence-corrected chi connectivity index (χ0v) is 11.4. The SMILES string of the molecule is Cc1cccc(C)c1NC(=O)[C@@H]1CCC[C@H](C)N1. The highest BCUT2D eigenvalue weighted by Crippen LogP contribution is 2.21. The maximum atomic E-state index is 12.2. The van der Waals surface area contributed by atoms with Gasteiger partial charge in [0.05, 0.1) is 6.04 Å². The predicted octanol–water partition coefficient (Wildman–Crippen LogP) is 2.77. The number of nitrogens with one attached hydrogen (secondary N) is 2. The van der Waals surface area contributed by atoms with Gasteiger partial charge in [0.15, 0.2) is 0 Å². The van der Waals surface area contributed by atoms with Crippen molar-refractivity contribution < 1.29 is 4.79 Å². The molecule has 1 aromatic rings. The molecule has 1 aliphatic rings. The average molecular weight is 246 g/mol. The van der Waals surface area contributed by atoms with Gasteiger partial charge in [-0.25, -0.2) is 0 Å². The Labute approximate surface area is 109 Å². The van der Waals surface area contributed by atoms with Crippen LogP contribution in [0.25, 0.3) is 0 Å². The zero-order valence-electron chi connectivity index (χ0n) is 11.4. The third-order valence-electron chi connectivity index (χ3n) is 3.66. The van der Waals surface area contributed by atoms with Crippen LogP contribution in [0.5, 0.6) is 0 Å². The molecule has 0 saturated carbocycles. The molecular formula is C15H22N2O. The molecule has 2 N–H and O–H groups in total. The van der Waals surface area contributed by atoms with Crippen LogP contribution in [0, 0.1) is 13.8 Å². The van der Waals surface area contributed by atoms with Gasteiger partial charge in [0.1, 0.15) is 0 Å². The van der Waals surface area contributed by atoms with E-state index in [1.54, 1.807) is 0 Å². The number of para-hydroxylation sites is 1. The molecule has 0 spiro atoms. The average Bonchev–Trinajstić information content (AvgIpc) is 2.34. The summed E-state index contributed by atoms with van der Waals surface area (Å²) >= 11 is 0. The minimum Gasteiger partial charge on any atom is -0.324 e. The van der Waals surface area contributed by atoms with Crippen LogP contribution in [0.2, 0.25) is 0 Å². The molecule has 2 rings (SSSR count). The monoisotopic (exact) mass is 246 g/mol. The fourth-order valence-corrected chi connectivity index (χ4v) is 2.57. The predicted molar refractivity (Wildman–Crippen MR) is 74.8 cm³/mol. The lowest BCUT2D eigenvalue weighted by Gasteiger charge is -2.28. The van der Waals surface area contributed by atoms with Crippen molar-refractivity contribution in [2.45, 2.75) is 52.1 Å². The van der Waals surface area contributed by atoms with Gasteiger partial charge in [0.25, 0.3) is 0 Å². The van der Waals surface area contributed by atoms with Gasteiger partial charge in [0, 0.05) is 11.7 Å². The molecule has 0 aromatic heterocycles. The number of benzene rings is 1. The summed E-state index contributed by atoms with van der Waals surface area (Å²) < 4.78 is 0. The molecule has 2 atom stereocenters. The van der Waals surface area contributed by atoms with E-state index < -0.39 is 0 Å². The number of hydrogen-bond acceptors (Lipinski definition) is 2. The van der Waals surface area contributed by atoms with E-state index in [0.717, 1.165) is 36.1 Å². The number of hydrogen-bond donors (Lipinski definition) is 2. The highest BCUT2D eigenvalue weighted by molar-refractivity contribution is 5.96. The summed E-state index contributed by atoms with van der Waals surface area (Å²) in [6.45, 7) is 6.19. The maximum Gasteiger partial charge on any atom is 0.241 e. The molecular weight excluding hydrogens is 224 g/mol. The van der Waals surface area contributed by atoms with Crippen molar-refractivity contribution in [2.75, 3.05) is 5.32 Å². The van der Waals surface area contributed by atoms with Gasteiger partial charge >= 0.3 is 0 Å². The molecule has 3 heteroatoms. The van der Waals surface area contributed by atoms with Crippen molar-refractivity contribution in [1.29, 1.82) is 0 Å². The summed E-state index contributed by atoms with van der Waals surface area (Å²) in [5.41, 5.74) is 3.20. The van der Waals surface area contributed by atoms with Gasteiger partial charge in [-0.05, 0) is 51.2 Å². The molecule has 1 saturated heterocycles. The first-order valence-corrected chi connectivity index (χ1v) is 6.71. The molecule has 18 heavy (non-hydrogen) atoms. The standard InChI is InChI=1S/C15H22N2O/c1-10-6-4-7-11(2)14(10)17-15(18)13-9-5-8-12(3)16-13/h4,6-7,12-13,16H,5,8-9H2,1-3H3,(H,17,18)/t12-,13-/m0/s1. The van der Waals surface area contributed by atoms with Gasteiger partial charge in [0.2, 0.25) is 5.91 Å². The van der Waals surface area contributed by atoms with Crippen LogP contribution in [0.4, 0.5) is 5.69 Å². The minimum atomic E-state index is -0.0484. The first-order valence-electron chi connectivity index (χ1n) is 6.71. The fourth-order valence-electron chi connectivity index (χ4n) is 2.57. The van der Waals surface area contributed by atoms with Gasteiger partial charge < -0.3 is 10.6 Å². The molecule has 3 nitrogen and oxygen atoms in total.